The molecule has 0 aliphatic carbocycles. The highest BCUT2D eigenvalue weighted by Crippen LogP contribution is 2.30. The Bertz CT molecular complexity index is 360. The summed E-state index contributed by atoms with van der Waals surface area (Å²) < 4.78 is 37.1. The molecule has 96 valence electrons. The van der Waals surface area contributed by atoms with Gasteiger partial charge in [-0.25, -0.2) is 0 Å². The van der Waals surface area contributed by atoms with Crippen molar-refractivity contribution in [2.75, 3.05) is 5.32 Å². The smallest absolute Gasteiger partial charge is 0.382 e. The lowest BCUT2D eigenvalue weighted by atomic mass is 9.88. The first-order valence-electron chi connectivity index (χ1n) is 5.54. The van der Waals surface area contributed by atoms with Crippen LogP contribution in [0.15, 0.2) is 24.3 Å². The van der Waals surface area contributed by atoms with Crippen molar-refractivity contribution in [1.82, 2.24) is 0 Å². The summed E-state index contributed by atoms with van der Waals surface area (Å²) in [6.07, 6.45) is -4.27. The molecule has 0 heterocycles. The number of halogens is 3. The number of alkyl halides is 3. The van der Waals surface area contributed by atoms with Gasteiger partial charge in [0, 0.05) is 11.7 Å². The van der Waals surface area contributed by atoms with Crippen molar-refractivity contribution in [1.29, 1.82) is 0 Å². The Morgan fingerprint density at radius 1 is 1.00 bits per heavy atom. The fraction of sp³-hybridized carbons (Fsp3) is 0.538. The summed E-state index contributed by atoms with van der Waals surface area (Å²) in [4.78, 5) is 0. The van der Waals surface area contributed by atoms with Crippen LogP contribution in [0.5, 0.6) is 0 Å². The van der Waals surface area contributed by atoms with E-state index in [0.717, 1.165) is 12.1 Å². The maximum atomic E-state index is 12.4. The van der Waals surface area contributed by atoms with E-state index in [2.05, 4.69) is 26.1 Å². The van der Waals surface area contributed by atoms with Gasteiger partial charge in [0.05, 0.1) is 5.56 Å². The molecule has 4 heteroatoms. The zero-order valence-electron chi connectivity index (χ0n) is 10.5. The first-order valence-corrected chi connectivity index (χ1v) is 5.54. The Kier molecular flexibility index (Phi) is 3.74. The van der Waals surface area contributed by atoms with Gasteiger partial charge in [-0.3, -0.25) is 0 Å². The maximum Gasteiger partial charge on any atom is 0.416 e. The van der Waals surface area contributed by atoms with Crippen molar-refractivity contribution < 1.29 is 13.2 Å². The molecule has 0 radical (unpaired) electrons. The lowest BCUT2D eigenvalue weighted by Crippen LogP contribution is -2.30. The second kappa shape index (κ2) is 4.59. The lowest BCUT2D eigenvalue weighted by Gasteiger charge is -2.29. The van der Waals surface area contributed by atoms with E-state index in [0.29, 0.717) is 5.69 Å². The molecular formula is C13H18F3N. The summed E-state index contributed by atoms with van der Waals surface area (Å²) in [5.41, 5.74) is 0.148. The van der Waals surface area contributed by atoms with Crippen molar-refractivity contribution in [2.24, 2.45) is 5.41 Å². The van der Waals surface area contributed by atoms with Crippen LogP contribution < -0.4 is 5.32 Å². The van der Waals surface area contributed by atoms with Gasteiger partial charge in [-0.05, 0) is 36.6 Å². The number of benzene rings is 1. The van der Waals surface area contributed by atoms with E-state index < -0.39 is 11.7 Å². The van der Waals surface area contributed by atoms with E-state index in [9.17, 15) is 13.2 Å². The van der Waals surface area contributed by atoms with E-state index in [1.54, 1.807) is 0 Å². The molecule has 1 atom stereocenters. The molecule has 0 spiro atoms. The molecule has 0 fully saturated rings. The molecule has 1 rings (SSSR count). The minimum absolute atomic E-state index is 0.0582. The van der Waals surface area contributed by atoms with Gasteiger partial charge in [-0.15, -0.1) is 0 Å². The summed E-state index contributed by atoms with van der Waals surface area (Å²) in [5, 5.41) is 3.19. The largest absolute Gasteiger partial charge is 0.416 e. The fourth-order valence-corrected chi connectivity index (χ4v) is 1.22. The normalized spacial score (nSPS) is 14.5. The van der Waals surface area contributed by atoms with Gasteiger partial charge in [0.2, 0.25) is 0 Å². The Balaban J connectivity index is 2.76. The van der Waals surface area contributed by atoms with Crippen molar-refractivity contribution in [2.45, 2.75) is 39.9 Å². The maximum absolute atomic E-state index is 12.4. The number of rotatable bonds is 2. The summed E-state index contributed by atoms with van der Waals surface area (Å²) >= 11 is 0. The first-order chi connectivity index (χ1) is 7.60. The highest BCUT2D eigenvalue weighted by atomic mass is 19.4. The van der Waals surface area contributed by atoms with Crippen molar-refractivity contribution in [3.05, 3.63) is 29.8 Å². The van der Waals surface area contributed by atoms with Gasteiger partial charge in [0.1, 0.15) is 0 Å². The molecule has 1 nitrogen and oxygen atoms in total. The molecule has 17 heavy (non-hydrogen) atoms. The topological polar surface area (TPSA) is 12.0 Å². The fourth-order valence-electron chi connectivity index (χ4n) is 1.22. The van der Waals surface area contributed by atoms with Gasteiger partial charge in [0.25, 0.3) is 0 Å². The molecule has 0 bridgehead atoms. The van der Waals surface area contributed by atoms with Crippen LogP contribution in [0.1, 0.15) is 33.3 Å². The lowest BCUT2D eigenvalue weighted by molar-refractivity contribution is -0.137. The zero-order valence-corrected chi connectivity index (χ0v) is 10.5. The van der Waals surface area contributed by atoms with Crippen LogP contribution in [-0.4, -0.2) is 6.04 Å². The van der Waals surface area contributed by atoms with E-state index in [1.807, 2.05) is 6.92 Å². The number of hydrogen-bond acceptors (Lipinski definition) is 1. The molecule has 0 aliphatic rings. The minimum Gasteiger partial charge on any atom is -0.382 e. The van der Waals surface area contributed by atoms with Gasteiger partial charge in [-0.2, -0.15) is 13.2 Å². The van der Waals surface area contributed by atoms with Crippen molar-refractivity contribution >= 4 is 5.69 Å². The average molecular weight is 245 g/mol. The van der Waals surface area contributed by atoms with Crippen LogP contribution in [0.25, 0.3) is 0 Å². The molecule has 1 unspecified atom stereocenters. The highest BCUT2D eigenvalue weighted by Gasteiger charge is 2.30. The SMILES string of the molecule is CC(Nc1ccc(C(F)(F)F)cc1)C(C)(C)C. The van der Waals surface area contributed by atoms with E-state index >= 15 is 0 Å². The molecule has 0 aliphatic heterocycles. The van der Waals surface area contributed by atoms with E-state index in [1.165, 1.54) is 12.1 Å². The summed E-state index contributed by atoms with van der Waals surface area (Å²) in [7, 11) is 0. The standard InChI is InChI=1S/C13H18F3N/c1-9(12(2,3)4)17-11-7-5-10(6-8-11)13(14,15)16/h5-9,17H,1-4H3. The second-order valence-electron chi connectivity index (χ2n) is 5.31. The first kappa shape index (κ1) is 13.9. The van der Waals surface area contributed by atoms with Crippen LogP contribution in [0.2, 0.25) is 0 Å². The molecule has 0 saturated heterocycles. The number of hydrogen-bond donors (Lipinski definition) is 1. The van der Waals surface area contributed by atoms with Crippen LogP contribution in [0.3, 0.4) is 0 Å². The molecule has 0 saturated carbocycles. The zero-order chi connectivity index (χ0) is 13.3. The molecule has 0 aromatic heterocycles. The van der Waals surface area contributed by atoms with Crippen LogP contribution in [-0.2, 0) is 6.18 Å². The Hall–Kier alpha value is -1.19. The molecule has 1 aromatic rings. The Morgan fingerprint density at radius 2 is 1.47 bits per heavy atom. The number of nitrogens with one attached hydrogen (secondary N) is 1. The van der Waals surface area contributed by atoms with E-state index in [4.69, 9.17) is 0 Å². The third-order valence-corrected chi connectivity index (χ3v) is 2.89. The van der Waals surface area contributed by atoms with Gasteiger partial charge < -0.3 is 5.32 Å². The summed E-state index contributed by atoms with van der Waals surface area (Å²) in [5.74, 6) is 0. The Labute approximate surface area is 100 Å². The second-order valence-corrected chi connectivity index (χ2v) is 5.31. The van der Waals surface area contributed by atoms with Crippen molar-refractivity contribution in [3.8, 4) is 0 Å². The predicted molar refractivity (Wildman–Crippen MR) is 64.0 cm³/mol. The van der Waals surface area contributed by atoms with Crippen LogP contribution in [0, 0.1) is 5.41 Å². The monoisotopic (exact) mass is 245 g/mol. The number of anilines is 1. The average Bonchev–Trinajstić information content (AvgIpc) is 2.15. The van der Waals surface area contributed by atoms with Crippen LogP contribution in [0.4, 0.5) is 18.9 Å². The van der Waals surface area contributed by atoms with Gasteiger partial charge >= 0.3 is 6.18 Å². The summed E-state index contributed by atoms with van der Waals surface area (Å²) in [6, 6.07) is 5.30. The third kappa shape index (κ3) is 3.95. The molecule has 0 amide bonds. The molecular weight excluding hydrogens is 227 g/mol. The van der Waals surface area contributed by atoms with Gasteiger partial charge in [-0.1, -0.05) is 20.8 Å². The third-order valence-electron chi connectivity index (χ3n) is 2.89. The van der Waals surface area contributed by atoms with Crippen LogP contribution >= 0.6 is 0 Å². The minimum atomic E-state index is -4.27. The highest BCUT2D eigenvalue weighted by molar-refractivity contribution is 5.46. The molecule has 1 N–H and O–H groups in total. The van der Waals surface area contributed by atoms with E-state index in [-0.39, 0.29) is 11.5 Å². The molecule has 1 aromatic carbocycles. The summed E-state index contributed by atoms with van der Waals surface area (Å²) in [6.45, 7) is 8.25. The van der Waals surface area contributed by atoms with Crippen molar-refractivity contribution in [3.63, 3.8) is 0 Å². The quantitative estimate of drug-likeness (QED) is 0.805. The predicted octanol–water partition coefficient (Wildman–Crippen LogP) is 4.55. The van der Waals surface area contributed by atoms with Gasteiger partial charge in [0.15, 0.2) is 0 Å². The Morgan fingerprint density at radius 3 is 1.82 bits per heavy atom.